The Labute approximate surface area is 143 Å². The number of rotatable bonds is 4. The fraction of sp³-hybridized carbons (Fsp3) is 0. The van der Waals surface area contributed by atoms with Crippen molar-refractivity contribution < 1.29 is 0 Å². The molecule has 2 heterocycles. The molecular formula is C17H13ClN6. The summed E-state index contributed by atoms with van der Waals surface area (Å²) in [5, 5.41) is 12.1. The van der Waals surface area contributed by atoms with Gasteiger partial charge in [-0.3, -0.25) is 9.97 Å². The maximum absolute atomic E-state index is 6.15. The van der Waals surface area contributed by atoms with E-state index in [-0.39, 0.29) is 5.84 Å². The number of halogens is 1. The summed E-state index contributed by atoms with van der Waals surface area (Å²) >= 11 is 6.15. The van der Waals surface area contributed by atoms with Crippen molar-refractivity contribution in [2.45, 2.75) is 0 Å². The fourth-order valence-corrected chi connectivity index (χ4v) is 2.14. The van der Waals surface area contributed by atoms with Crippen LogP contribution in [0.1, 0.15) is 5.69 Å². The molecule has 0 radical (unpaired) electrons. The molecule has 7 heteroatoms. The van der Waals surface area contributed by atoms with Crippen LogP contribution in [0.25, 0.3) is 11.1 Å². The Morgan fingerprint density at radius 2 is 1.92 bits per heavy atom. The summed E-state index contributed by atoms with van der Waals surface area (Å²) in [6, 6.07) is 14.6. The third-order valence-corrected chi connectivity index (χ3v) is 3.49. The zero-order valence-electron chi connectivity index (χ0n) is 12.5. The van der Waals surface area contributed by atoms with Crippen LogP contribution >= 0.6 is 11.6 Å². The van der Waals surface area contributed by atoms with Gasteiger partial charge in [-0.05, 0) is 41.1 Å². The van der Waals surface area contributed by atoms with Crippen LogP contribution in [0.5, 0.6) is 0 Å². The lowest BCUT2D eigenvalue weighted by Crippen LogP contribution is -2.13. The second-order valence-corrected chi connectivity index (χ2v) is 5.20. The normalized spacial score (nSPS) is 11.8. The van der Waals surface area contributed by atoms with Gasteiger partial charge in [0.25, 0.3) is 0 Å². The third-order valence-electron chi connectivity index (χ3n) is 3.17. The molecule has 3 aromatic rings. The number of amidine groups is 1. The molecule has 0 aliphatic rings. The van der Waals surface area contributed by atoms with E-state index in [2.05, 4.69) is 25.4 Å². The van der Waals surface area contributed by atoms with Crippen molar-refractivity contribution in [1.29, 1.82) is 0 Å². The predicted molar refractivity (Wildman–Crippen MR) is 94.2 cm³/mol. The number of pyridine rings is 2. The van der Waals surface area contributed by atoms with Gasteiger partial charge in [-0.1, -0.05) is 29.8 Å². The molecule has 2 aromatic heterocycles. The Morgan fingerprint density at radius 3 is 2.67 bits per heavy atom. The number of hydrogen-bond donors (Lipinski definition) is 1. The summed E-state index contributed by atoms with van der Waals surface area (Å²) in [5.41, 5.74) is 8.73. The van der Waals surface area contributed by atoms with Crippen LogP contribution in [0.4, 0.5) is 5.69 Å². The van der Waals surface area contributed by atoms with Gasteiger partial charge < -0.3 is 5.73 Å². The van der Waals surface area contributed by atoms with Crippen molar-refractivity contribution in [2.75, 3.05) is 0 Å². The molecule has 24 heavy (non-hydrogen) atoms. The van der Waals surface area contributed by atoms with Gasteiger partial charge in [0.1, 0.15) is 11.4 Å². The Balaban J connectivity index is 1.85. The summed E-state index contributed by atoms with van der Waals surface area (Å²) in [4.78, 5) is 8.18. The Kier molecular flexibility index (Phi) is 4.88. The predicted octanol–water partition coefficient (Wildman–Crippen LogP) is 4.20. The minimum Gasteiger partial charge on any atom is -0.380 e. The first-order valence-corrected chi connectivity index (χ1v) is 7.47. The maximum atomic E-state index is 6.15. The lowest BCUT2D eigenvalue weighted by atomic mass is 10.1. The minimum absolute atomic E-state index is 0.180. The number of nitrogens with two attached hydrogens (primary N) is 1. The van der Waals surface area contributed by atoms with Crippen LogP contribution in [0, 0.1) is 0 Å². The fourth-order valence-electron chi connectivity index (χ4n) is 1.99. The van der Waals surface area contributed by atoms with E-state index in [9.17, 15) is 0 Å². The summed E-state index contributed by atoms with van der Waals surface area (Å²) in [5.74, 6) is 0.180. The number of benzene rings is 1. The van der Waals surface area contributed by atoms with Gasteiger partial charge in [-0.25, -0.2) is 0 Å². The molecule has 0 aliphatic heterocycles. The Hall–Kier alpha value is -3.12. The summed E-state index contributed by atoms with van der Waals surface area (Å²) in [6.45, 7) is 0. The first-order chi connectivity index (χ1) is 11.7. The average Bonchev–Trinajstić information content (AvgIpc) is 2.64. The van der Waals surface area contributed by atoms with Crippen molar-refractivity contribution in [2.24, 2.45) is 21.2 Å². The molecule has 0 unspecified atom stereocenters. The van der Waals surface area contributed by atoms with Gasteiger partial charge in [0, 0.05) is 24.2 Å². The standard InChI is InChI=1S/C17H13ClN6/c18-14-7-6-12(13-4-3-8-20-11-13)10-16(14)22-24-23-17(19)15-5-1-2-9-21-15/h1-11H,(H2,19,22,23). The molecule has 1 aromatic carbocycles. The number of hydrogen-bond acceptors (Lipinski definition) is 4. The van der Waals surface area contributed by atoms with Crippen molar-refractivity contribution in [3.05, 3.63) is 77.8 Å². The van der Waals surface area contributed by atoms with E-state index in [0.29, 0.717) is 16.4 Å². The first-order valence-electron chi connectivity index (χ1n) is 7.09. The van der Waals surface area contributed by atoms with Gasteiger partial charge in [0.05, 0.1) is 5.02 Å². The molecule has 118 valence electrons. The highest BCUT2D eigenvalue weighted by Crippen LogP contribution is 2.30. The first kappa shape index (κ1) is 15.8. The molecule has 0 saturated heterocycles. The van der Waals surface area contributed by atoms with Gasteiger partial charge >= 0.3 is 0 Å². The zero-order valence-corrected chi connectivity index (χ0v) is 13.3. The van der Waals surface area contributed by atoms with E-state index in [1.54, 1.807) is 36.8 Å². The SMILES string of the molecule is N/C(=N\N=Nc1cc(-c2cccnc2)ccc1Cl)c1ccccn1. The highest BCUT2D eigenvalue weighted by molar-refractivity contribution is 6.33. The van der Waals surface area contributed by atoms with Gasteiger partial charge in [-0.15, -0.1) is 10.2 Å². The summed E-state index contributed by atoms with van der Waals surface area (Å²) < 4.78 is 0. The van der Waals surface area contributed by atoms with Crippen molar-refractivity contribution in [1.82, 2.24) is 9.97 Å². The molecule has 0 aliphatic carbocycles. The molecule has 0 fully saturated rings. The smallest absolute Gasteiger partial charge is 0.173 e. The number of nitrogens with zero attached hydrogens (tertiary/aromatic N) is 5. The molecule has 6 nitrogen and oxygen atoms in total. The highest BCUT2D eigenvalue weighted by Gasteiger charge is 2.04. The van der Waals surface area contributed by atoms with E-state index < -0.39 is 0 Å². The van der Waals surface area contributed by atoms with Crippen LogP contribution < -0.4 is 5.73 Å². The monoisotopic (exact) mass is 336 g/mol. The van der Waals surface area contributed by atoms with Crippen LogP contribution in [0.3, 0.4) is 0 Å². The number of aromatic nitrogens is 2. The third kappa shape index (κ3) is 3.80. The second kappa shape index (κ2) is 7.43. The van der Waals surface area contributed by atoms with E-state index in [1.807, 2.05) is 30.3 Å². The van der Waals surface area contributed by atoms with Gasteiger partial charge in [0.15, 0.2) is 5.84 Å². The average molecular weight is 337 g/mol. The van der Waals surface area contributed by atoms with Crippen LogP contribution in [-0.4, -0.2) is 15.8 Å². The molecular weight excluding hydrogens is 324 g/mol. The summed E-state index contributed by atoms with van der Waals surface area (Å²) in [6.07, 6.45) is 5.11. The van der Waals surface area contributed by atoms with Crippen molar-refractivity contribution >= 4 is 23.1 Å². The van der Waals surface area contributed by atoms with Crippen molar-refractivity contribution in [3.63, 3.8) is 0 Å². The lowest BCUT2D eigenvalue weighted by Gasteiger charge is -2.03. The van der Waals surface area contributed by atoms with E-state index >= 15 is 0 Å². The molecule has 3 rings (SSSR count). The molecule has 0 spiro atoms. The van der Waals surface area contributed by atoms with Crippen LogP contribution in [0.15, 0.2) is 82.6 Å². The van der Waals surface area contributed by atoms with E-state index in [0.717, 1.165) is 11.1 Å². The molecule has 0 atom stereocenters. The maximum Gasteiger partial charge on any atom is 0.173 e. The Bertz CT molecular complexity index is 878. The molecule has 0 saturated carbocycles. The topological polar surface area (TPSA) is 88.9 Å². The lowest BCUT2D eigenvalue weighted by molar-refractivity contribution is 1.05. The van der Waals surface area contributed by atoms with Crippen LogP contribution in [-0.2, 0) is 0 Å². The zero-order chi connectivity index (χ0) is 16.8. The van der Waals surface area contributed by atoms with E-state index in [1.165, 1.54) is 0 Å². The Morgan fingerprint density at radius 1 is 1.00 bits per heavy atom. The quantitative estimate of drug-likeness (QED) is 0.335. The molecule has 0 bridgehead atoms. The second-order valence-electron chi connectivity index (χ2n) is 4.80. The molecule has 2 N–H and O–H groups in total. The minimum atomic E-state index is 0.180. The summed E-state index contributed by atoms with van der Waals surface area (Å²) in [7, 11) is 0. The van der Waals surface area contributed by atoms with Crippen molar-refractivity contribution in [3.8, 4) is 11.1 Å². The van der Waals surface area contributed by atoms with Gasteiger partial charge in [0.2, 0.25) is 0 Å². The van der Waals surface area contributed by atoms with Gasteiger partial charge in [-0.2, -0.15) is 0 Å². The van der Waals surface area contributed by atoms with E-state index in [4.69, 9.17) is 17.3 Å². The molecule has 0 amide bonds. The largest absolute Gasteiger partial charge is 0.380 e. The van der Waals surface area contributed by atoms with Crippen LogP contribution in [0.2, 0.25) is 5.02 Å². The highest BCUT2D eigenvalue weighted by atomic mass is 35.5.